The van der Waals surface area contributed by atoms with Crippen molar-refractivity contribution >= 4 is 52.1 Å². The van der Waals surface area contributed by atoms with Crippen molar-refractivity contribution in [2.24, 2.45) is 0 Å². The molecular formula is C31H37FN4O4S2. The van der Waals surface area contributed by atoms with E-state index in [0.717, 1.165) is 56.9 Å². The standard InChI is InChI=1S/C31H37FN4O4S2/c1-3-35-28(34-20-22-13-15-23(32)16-14-22)24(21(2)25(19-33)29(35)39)18-26-30(40)36(31(41)42-26)17-11-9-7-5-4-6-8-10-12-27(37)38/h13-16,18,34H,3-12,17,20H2,1-2H3,(H,37,38)/b26-18+. The lowest BCUT2D eigenvalue weighted by molar-refractivity contribution is -0.137. The quantitative estimate of drug-likeness (QED) is 0.124. The molecule has 0 bridgehead atoms. The topological polar surface area (TPSA) is 115 Å². The Kier molecular flexibility index (Phi) is 12.8. The van der Waals surface area contributed by atoms with Gasteiger partial charge in [-0.2, -0.15) is 5.26 Å². The molecule has 11 heteroatoms. The Morgan fingerprint density at radius 2 is 1.71 bits per heavy atom. The Labute approximate surface area is 255 Å². The van der Waals surface area contributed by atoms with Crippen LogP contribution in [-0.4, -0.2) is 37.3 Å². The summed E-state index contributed by atoms with van der Waals surface area (Å²) in [4.78, 5) is 39.1. The fourth-order valence-electron chi connectivity index (χ4n) is 4.87. The maximum Gasteiger partial charge on any atom is 0.303 e. The number of aromatic nitrogens is 1. The highest BCUT2D eigenvalue weighted by atomic mass is 32.2. The molecule has 1 aromatic carbocycles. The first-order valence-corrected chi connectivity index (χ1v) is 15.5. The predicted octanol–water partition coefficient (Wildman–Crippen LogP) is 6.60. The summed E-state index contributed by atoms with van der Waals surface area (Å²) < 4.78 is 15.3. The molecule has 1 aliphatic rings. The van der Waals surface area contributed by atoms with E-state index in [9.17, 15) is 24.0 Å². The number of aliphatic carboxylic acids is 1. The minimum absolute atomic E-state index is 0.0211. The molecule has 224 valence electrons. The zero-order valence-corrected chi connectivity index (χ0v) is 25.7. The van der Waals surface area contributed by atoms with Crippen molar-refractivity contribution in [3.05, 3.63) is 67.6 Å². The monoisotopic (exact) mass is 612 g/mol. The Morgan fingerprint density at radius 3 is 2.31 bits per heavy atom. The molecule has 0 saturated carbocycles. The average Bonchev–Trinajstić information content (AvgIpc) is 3.22. The van der Waals surface area contributed by atoms with Crippen molar-refractivity contribution in [2.75, 3.05) is 11.9 Å². The number of nitrogens with one attached hydrogen (secondary N) is 1. The maximum absolute atomic E-state index is 13.4. The summed E-state index contributed by atoms with van der Waals surface area (Å²) in [5.41, 5.74) is 1.46. The number of carbonyl (C=O) groups excluding carboxylic acids is 1. The van der Waals surface area contributed by atoms with Gasteiger partial charge in [0, 0.05) is 31.6 Å². The number of unbranched alkanes of at least 4 members (excludes halogenated alkanes) is 7. The van der Waals surface area contributed by atoms with Crippen LogP contribution in [0.1, 0.15) is 87.0 Å². The van der Waals surface area contributed by atoms with Crippen LogP contribution in [0.15, 0.2) is 34.0 Å². The van der Waals surface area contributed by atoms with Gasteiger partial charge in [0.1, 0.15) is 27.6 Å². The maximum atomic E-state index is 13.4. The molecule has 1 saturated heterocycles. The van der Waals surface area contributed by atoms with E-state index in [1.165, 1.54) is 28.5 Å². The van der Waals surface area contributed by atoms with Crippen molar-refractivity contribution in [2.45, 2.75) is 84.7 Å². The first-order chi connectivity index (χ1) is 20.2. The summed E-state index contributed by atoms with van der Waals surface area (Å²) in [6, 6.07) is 8.06. The van der Waals surface area contributed by atoms with Gasteiger partial charge in [-0.3, -0.25) is 23.9 Å². The third kappa shape index (κ3) is 8.76. The summed E-state index contributed by atoms with van der Waals surface area (Å²) in [7, 11) is 0. The van der Waals surface area contributed by atoms with Gasteiger partial charge in [0.05, 0.1) is 4.91 Å². The van der Waals surface area contributed by atoms with E-state index in [2.05, 4.69) is 5.32 Å². The number of nitriles is 1. The minimum atomic E-state index is -0.744. The van der Waals surface area contributed by atoms with Crippen LogP contribution in [0.25, 0.3) is 6.08 Å². The highest BCUT2D eigenvalue weighted by Gasteiger charge is 2.32. The summed E-state index contributed by atoms with van der Waals surface area (Å²) >= 11 is 6.74. The molecule has 0 atom stereocenters. The molecule has 42 heavy (non-hydrogen) atoms. The second-order valence-corrected chi connectivity index (χ2v) is 11.9. The number of rotatable bonds is 16. The largest absolute Gasteiger partial charge is 0.481 e. The van der Waals surface area contributed by atoms with Crippen molar-refractivity contribution in [3.8, 4) is 6.07 Å². The molecule has 2 heterocycles. The molecule has 2 N–H and O–H groups in total. The fourth-order valence-corrected chi connectivity index (χ4v) is 6.16. The SMILES string of the molecule is CCn1c(NCc2ccc(F)cc2)c(/C=C2/SC(=S)N(CCCCCCCCCCC(=O)O)C2=O)c(C)c(C#N)c1=O. The second-order valence-electron chi connectivity index (χ2n) is 10.2. The van der Waals surface area contributed by atoms with Gasteiger partial charge < -0.3 is 10.4 Å². The molecule has 3 rings (SSSR count). The molecule has 0 spiro atoms. The number of amides is 1. The Balaban J connectivity index is 1.70. The molecule has 0 aliphatic carbocycles. The highest BCUT2D eigenvalue weighted by Crippen LogP contribution is 2.35. The number of carboxylic acid groups (broad SMARTS) is 1. The number of thioether (sulfide) groups is 1. The molecule has 0 radical (unpaired) electrons. The normalized spacial score (nSPS) is 14.0. The summed E-state index contributed by atoms with van der Waals surface area (Å²) in [6.07, 6.45) is 9.61. The van der Waals surface area contributed by atoms with Crippen LogP contribution in [0.3, 0.4) is 0 Å². The van der Waals surface area contributed by atoms with E-state index in [4.69, 9.17) is 17.3 Å². The molecule has 2 aromatic rings. The number of anilines is 1. The Hall–Kier alpha value is -3.49. The zero-order chi connectivity index (χ0) is 30.6. The van der Waals surface area contributed by atoms with Crippen LogP contribution >= 0.6 is 24.0 Å². The number of pyridine rings is 1. The number of thiocarbonyl (C=S) groups is 1. The molecule has 1 aromatic heterocycles. The number of nitrogens with zero attached hydrogens (tertiary/aromatic N) is 3. The number of halogens is 1. The third-order valence-electron chi connectivity index (χ3n) is 7.24. The smallest absolute Gasteiger partial charge is 0.303 e. The zero-order valence-electron chi connectivity index (χ0n) is 24.1. The van der Waals surface area contributed by atoms with E-state index < -0.39 is 11.5 Å². The van der Waals surface area contributed by atoms with Gasteiger partial charge in [0.25, 0.3) is 11.5 Å². The third-order valence-corrected chi connectivity index (χ3v) is 8.61. The van der Waals surface area contributed by atoms with Crippen LogP contribution < -0.4 is 10.9 Å². The van der Waals surface area contributed by atoms with Crippen molar-refractivity contribution in [1.82, 2.24) is 9.47 Å². The summed E-state index contributed by atoms with van der Waals surface area (Å²) in [5, 5.41) is 21.7. The Morgan fingerprint density at radius 1 is 1.10 bits per heavy atom. The van der Waals surface area contributed by atoms with Crippen molar-refractivity contribution < 1.29 is 19.1 Å². The van der Waals surface area contributed by atoms with Crippen LogP contribution in [0.2, 0.25) is 0 Å². The van der Waals surface area contributed by atoms with Crippen LogP contribution in [0.4, 0.5) is 10.2 Å². The van der Waals surface area contributed by atoms with E-state index in [0.29, 0.717) is 45.8 Å². The summed E-state index contributed by atoms with van der Waals surface area (Å²) in [6.45, 7) is 4.65. The van der Waals surface area contributed by atoms with Crippen molar-refractivity contribution in [1.29, 1.82) is 5.26 Å². The van der Waals surface area contributed by atoms with Gasteiger partial charge in [-0.25, -0.2) is 4.39 Å². The second kappa shape index (κ2) is 16.2. The molecule has 1 aliphatic heterocycles. The Bertz CT molecular complexity index is 1430. The van der Waals surface area contributed by atoms with Gasteiger partial charge in [-0.15, -0.1) is 0 Å². The minimum Gasteiger partial charge on any atom is -0.481 e. The summed E-state index contributed by atoms with van der Waals surface area (Å²) in [5.74, 6) is -0.797. The van der Waals surface area contributed by atoms with Gasteiger partial charge in [-0.1, -0.05) is 74.6 Å². The van der Waals surface area contributed by atoms with Gasteiger partial charge in [-0.05, 0) is 56.0 Å². The lowest BCUT2D eigenvalue weighted by atomic mass is 10.0. The van der Waals surface area contributed by atoms with Gasteiger partial charge in [0.2, 0.25) is 0 Å². The fraction of sp³-hybridized carbons (Fsp3) is 0.452. The first kappa shape index (κ1) is 33.0. The number of carboxylic acids is 1. The van der Waals surface area contributed by atoms with Crippen LogP contribution in [-0.2, 0) is 22.7 Å². The predicted molar refractivity (Wildman–Crippen MR) is 169 cm³/mol. The number of carbonyl (C=O) groups is 2. The molecule has 8 nitrogen and oxygen atoms in total. The van der Waals surface area contributed by atoms with Crippen molar-refractivity contribution in [3.63, 3.8) is 0 Å². The molecule has 1 fully saturated rings. The molecular weight excluding hydrogens is 575 g/mol. The van der Waals surface area contributed by atoms with Crippen LogP contribution in [0.5, 0.6) is 0 Å². The van der Waals surface area contributed by atoms with Gasteiger partial charge in [0.15, 0.2) is 0 Å². The highest BCUT2D eigenvalue weighted by molar-refractivity contribution is 8.26. The lowest BCUT2D eigenvalue weighted by Gasteiger charge is -2.19. The average molecular weight is 613 g/mol. The molecule has 1 amide bonds. The van der Waals surface area contributed by atoms with E-state index >= 15 is 0 Å². The lowest BCUT2D eigenvalue weighted by Crippen LogP contribution is -2.29. The molecule has 0 unspecified atom stereocenters. The van der Waals surface area contributed by atoms with Gasteiger partial charge >= 0.3 is 5.97 Å². The number of hydrogen-bond acceptors (Lipinski definition) is 7. The van der Waals surface area contributed by atoms with Crippen LogP contribution in [0, 0.1) is 24.1 Å². The van der Waals surface area contributed by atoms with E-state index in [1.54, 1.807) is 30.0 Å². The van der Waals surface area contributed by atoms with E-state index in [1.807, 2.05) is 13.0 Å². The van der Waals surface area contributed by atoms with E-state index in [-0.39, 0.29) is 23.7 Å². The number of benzene rings is 1. The number of hydrogen-bond donors (Lipinski definition) is 2. The first-order valence-electron chi connectivity index (χ1n) is 14.3.